The summed E-state index contributed by atoms with van der Waals surface area (Å²) in [7, 11) is 1.26. The van der Waals surface area contributed by atoms with Crippen molar-refractivity contribution in [1.29, 1.82) is 0 Å². The number of amides is 1. The Labute approximate surface area is 428 Å². The van der Waals surface area contributed by atoms with Gasteiger partial charge in [0.2, 0.25) is 5.91 Å². The summed E-state index contributed by atoms with van der Waals surface area (Å²) in [5.74, 6) is -0.200. The zero-order valence-corrected chi connectivity index (χ0v) is 46.9. The average molecular weight is 990 g/mol. The number of aliphatic hydroxyl groups excluding tert-OH is 1. The van der Waals surface area contributed by atoms with Gasteiger partial charge in [0.1, 0.15) is 13.2 Å². The van der Waals surface area contributed by atoms with Crippen LogP contribution in [-0.2, 0) is 18.4 Å². The Bertz CT molecular complexity index is 1310. The molecule has 0 radical (unpaired) electrons. The Kier molecular flexibility index (Phi) is 49.8. The van der Waals surface area contributed by atoms with E-state index in [9.17, 15) is 19.4 Å². The second-order valence-electron chi connectivity index (χ2n) is 21.0. The lowest BCUT2D eigenvalue weighted by Crippen LogP contribution is -2.45. The molecule has 0 aromatic heterocycles. The van der Waals surface area contributed by atoms with Crippen LogP contribution in [0.4, 0.5) is 0 Å². The van der Waals surface area contributed by atoms with Gasteiger partial charge in [0, 0.05) is 6.42 Å². The fourth-order valence-electron chi connectivity index (χ4n) is 8.44. The minimum atomic E-state index is -4.58. The van der Waals surface area contributed by atoms with Gasteiger partial charge in [0.15, 0.2) is 0 Å². The molecule has 3 atom stereocenters. The van der Waals surface area contributed by atoms with E-state index in [1.54, 1.807) is 6.08 Å². The lowest BCUT2D eigenvalue weighted by molar-refractivity contribution is -0.870. The molecule has 9 heteroatoms. The summed E-state index contributed by atoms with van der Waals surface area (Å²) in [5, 5.41) is 13.7. The number of quaternary nitrogens is 1. The van der Waals surface area contributed by atoms with Crippen molar-refractivity contribution in [2.45, 2.75) is 276 Å². The Hall–Kier alpha value is -1.80. The van der Waals surface area contributed by atoms with Crippen LogP contribution in [0.2, 0.25) is 0 Å². The third-order valence-electron chi connectivity index (χ3n) is 13.0. The molecule has 0 bridgehead atoms. The van der Waals surface area contributed by atoms with Gasteiger partial charge in [0.25, 0.3) is 7.82 Å². The van der Waals surface area contributed by atoms with E-state index in [1.807, 2.05) is 27.2 Å². The zero-order valence-electron chi connectivity index (χ0n) is 46.0. The predicted octanol–water partition coefficient (Wildman–Crippen LogP) is 17.1. The minimum absolute atomic E-state index is 0.000788. The van der Waals surface area contributed by atoms with Crippen LogP contribution in [0.25, 0.3) is 0 Å². The van der Waals surface area contributed by atoms with Gasteiger partial charge in [-0.3, -0.25) is 9.36 Å². The number of allylic oxidation sites excluding steroid dienone is 9. The smallest absolute Gasteiger partial charge is 0.268 e. The molecule has 8 nitrogen and oxygen atoms in total. The Morgan fingerprint density at radius 2 is 0.884 bits per heavy atom. The fourth-order valence-corrected chi connectivity index (χ4v) is 9.16. The van der Waals surface area contributed by atoms with E-state index < -0.39 is 20.0 Å². The van der Waals surface area contributed by atoms with E-state index in [1.165, 1.54) is 173 Å². The lowest BCUT2D eigenvalue weighted by atomic mass is 10.0. The molecule has 1 amide bonds. The van der Waals surface area contributed by atoms with Crippen molar-refractivity contribution in [1.82, 2.24) is 5.32 Å². The number of hydrogen-bond acceptors (Lipinski definition) is 6. The number of rotatable bonds is 53. The highest BCUT2D eigenvalue weighted by Crippen LogP contribution is 2.38. The number of aliphatic hydroxyl groups is 1. The maximum absolute atomic E-state index is 12.8. The molecule has 0 spiro atoms. The van der Waals surface area contributed by atoms with Crippen LogP contribution in [0.15, 0.2) is 60.8 Å². The van der Waals surface area contributed by atoms with Crippen molar-refractivity contribution in [2.75, 3.05) is 40.9 Å². The monoisotopic (exact) mass is 989 g/mol. The van der Waals surface area contributed by atoms with Gasteiger partial charge < -0.3 is 28.8 Å². The highest BCUT2D eigenvalue weighted by Gasteiger charge is 2.23. The molecule has 0 aromatic carbocycles. The van der Waals surface area contributed by atoms with Crippen LogP contribution >= 0.6 is 7.82 Å². The molecule has 0 aromatic rings. The molecule has 0 fully saturated rings. The molecular weight excluding hydrogens is 876 g/mol. The summed E-state index contributed by atoms with van der Waals surface area (Å²) >= 11 is 0. The number of nitrogens with one attached hydrogen (secondary N) is 1. The number of nitrogens with zero attached hydrogens (tertiary/aromatic N) is 1. The maximum Gasteiger partial charge on any atom is 0.268 e. The van der Waals surface area contributed by atoms with Crippen molar-refractivity contribution in [3.63, 3.8) is 0 Å². The van der Waals surface area contributed by atoms with Crippen molar-refractivity contribution in [2.24, 2.45) is 0 Å². The second kappa shape index (κ2) is 51.1. The van der Waals surface area contributed by atoms with Crippen molar-refractivity contribution in [3.8, 4) is 0 Å². The van der Waals surface area contributed by atoms with Crippen LogP contribution in [0.3, 0.4) is 0 Å². The minimum Gasteiger partial charge on any atom is -0.756 e. The van der Waals surface area contributed by atoms with Crippen LogP contribution < -0.4 is 10.2 Å². The molecule has 0 saturated carbocycles. The molecule has 0 rings (SSSR count). The number of unbranched alkanes of at least 4 members (excludes halogenated alkanes) is 32. The summed E-state index contributed by atoms with van der Waals surface area (Å²) in [6.07, 6.45) is 69.5. The van der Waals surface area contributed by atoms with Crippen LogP contribution in [-0.4, -0.2) is 68.5 Å². The number of carbonyl (C=O) groups is 1. The molecule has 0 heterocycles. The lowest BCUT2D eigenvalue weighted by Gasteiger charge is -2.29. The molecule has 404 valence electrons. The fraction of sp³-hybridized carbons (Fsp3) is 0.817. The van der Waals surface area contributed by atoms with E-state index in [4.69, 9.17) is 9.05 Å². The van der Waals surface area contributed by atoms with Gasteiger partial charge >= 0.3 is 0 Å². The number of likely N-dealkylation sites (N-methyl/N-ethyl adjacent to an activating group) is 1. The van der Waals surface area contributed by atoms with Gasteiger partial charge in [-0.1, -0.05) is 261 Å². The second-order valence-corrected chi connectivity index (χ2v) is 22.4. The van der Waals surface area contributed by atoms with Crippen LogP contribution in [0.1, 0.15) is 264 Å². The first kappa shape index (κ1) is 67.2. The first-order chi connectivity index (χ1) is 33.5. The third kappa shape index (κ3) is 53.8. The molecule has 0 aliphatic carbocycles. The summed E-state index contributed by atoms with van der Waals surface area (Å²) in [6.45, 7) is 4.46. The first-order valence-corrected chi connectivity index (χ1v) is 30.6. The van der Waals surface area contributed by atoms with E-state index in [2.05, 4.69) is 67.8 Å². The zero-order chi connectivity index (χ0) is 50.6. The standard InChI is InChI=1S/C60H113N2O6P/c1-6-8-10-12-14-15-16-17-18-19-20-21-22-23-24-25-26-27-28-29-30-31-32-33-34-35-36-37-38-39-40-41-42-43-44-45-46-47-48-50-52-54-60(64)61-58(59(63)53-51-49-13-11-9-7-2)57-68-69(65,66)67-56-55-62(3,4)5/h8,10,14-15,17-18,20-21,51,53,58-59,63H,6-7,9,11-13,16,19,22-50,52,54-57H2,1-5H3,(H-,61,64,65,66)/b10-8-,15-14-,18-17-,21-20-,53-51+. The third-order valence-corrected chi connectivity index (χ3v) is 13.9. The highest BCUT2D eigenvalue weighted by atomic mass is 31.2. The molecule has 2 N–H and O–H groups in total. The van der Waals surface area contributed by atoms with Crippen LogP contribution in [0.5, 0.6) is 0 Å². The molecule has 3 unspecified atom stereocenters. The van der Waals surface area contributed by atoms with Gasteiger partial charge in [-0.2, -0.15) is 0 Å². The molecule has 0 saturated heterocycles. The Balaban J connectivity index is 3.68. The van der Waals surface area contributed by atoms with E-state index >= 15 is 0 Å². The maximum atomic E-state index is 12.8. The quantitative estimate of drug-likeness (QED) is 0.0272. The van der Waals surface area contributed by atoms with Crippen molar-refractivity contribution < 1.29 is 32.9 Å². The number of phosphoric acid groups is 1. The van der Waals surface area contributed by atoms with Gasteiger partial charge in [0.05, 0.1) is 39.9 Å². The van der Waals surface area contributed by atoms with Gasteiger partial charge in [-0.05, 0) is 57.8 Å². The molecule has 69 heavy (non-hydrogen) atoms. The number of phosphoric ester groups is 1. The van der Waals surface area contributed by atoms with Crippen molar-refractivity contribution >= 4 is 13.7 Å². The van der Waals surface area contributed by atoms with Gasteiger partial charge in [-0.25, -0.2) is 0 Å². The van der Waals surface area contributed by atoms with Crippen LogP contribution in [0, 0.1) is 0 Å². The van der Waals surface area contributed by atoms with E-state index in [0.29, 0.717) is 17.4 Å². The summed E-state index contributed by atoms with van der Waals surface area (Å²) in [4.78, 5) is 25.2. The number of carbonyl (C=O) groups excluding carboxylic acids is 1. The normalized spacial score (nSPS) is 14.4. The Morgan fingerprint density at radius 3 is 1.29 bits per heavy atom. The summed E-state index contributed by atoms with van der Waals surface area (Å²) in [6, 6.07) is -0.881. The molecule has 0 aliphatic rings. The number of hydrogen-bond donors (Lipinski definition) is 2. The summed E-state index contributed by atoms with van der Waals surface area (Å²) in [5.41, 5.74) is 0. The van der Waals surface area contributed by atoms with E-state index in [0.717, 1.165) is 70.6 Å². The molecule has 0 aliphatic heterocycles. The Morgan fingerprint density at radius 1 is 0.522 bits per heavy atom. The summed E-state index contributed by atoms with van der Waals surface area (Å²) < 4.78 is 23.1. The molecular formula is C60H113N2O6P. The highest BCUT2D eigenvalue weighted by molar-refractivity contribution is 7.45. The van der Waals surface area contributed by atoms with Crippen molar-refractivity contribution in [3.05, 3.63) is 60.8 Å². The van der Waals surface area contributed by atoms with Gasteiger partial charge in [-0.15, -0.1) is 0 Å². The topological polar surface area (TPSA) is 108 Å². The van der Waals surface area contributed by atoms with E-state index in [-0.39, 0.29) is 19.1 Å². The largest absolute Gasteiger partial charge is 0.756 e. The first-order valence-electron chi connectivity index (χ1n) is 29.2. The average Bonchev–Trinajstić information content (AvgIpc) is 3.31. The SMILES string of the molecule is CC/C=C\C/C=C\C/C=C\C/C=C\CCCCCCCCCCCCCCCCCCCCCCCCCCCCCCC(=O)NC(COP(=O)([O-])OCC[N+](C)(C)C)C(O)/C=C/CCCCCC. The predicted molar refractivity (Wildman–Crippen MR) is 297 cm³/mol.